The zero-order chi connectivity index (χ0) is 13.0. The molecule has 2 aromatic heterocycles. The highest BCUT2D eigenvalue weighted by Gasteiger charge is 2.05. The number of aryl methyl sites for hydroxylation is 1. The topological polar surface area (TPSA) is 67.7 Å². The number of imidazole rings is 1. The molecule has 0 fully saturated rings. The highest BCUT2D eigenvalue weighted by Crippen LogP contribution is 2.18. The average Bonchev–Trinajstić information content (AvgIpc) is 2.77. The van der Waals surface area contributed by atoms with Gasteiger partial charge < -0.3 is 15.2 Å². The second-order valence-electron chi connectivity index (χ2n) is 3.77. The lowest BCUT2D eigenvalue weighted by Gasteiger charge is -2.08. The first-order chi connectivity index (χ1) is 8.70. The predicted molar refractivity (Wildman–Crippen MR) is 72.0 cm³/mol. The van der Waals surface area contributed by atoms with E-state index in [1.807, 2.05) is 17.8 Å². The quantitative estimate of drug-likeness (QED) is 0.860. The molecule has 0 saturated carbocycles. The van der Waals surface area contributed by atoms with Crippen molar-refractivity contribution in [1.82, 2.24) is 19.5 Å². The minimum Gasteiger partial charge on any atom is -0.368 e. The maximum Gasteiger partial charge on any atom is 0.224 e. The summed E-state index contributed by atoms with van der Waals surface area (Å²) >= 11 is 6.01. The number of hydrogen-bond donors (Lipinski definition) is 2. The van der Waals surface area contributed by atoms with Gasteiger partial charge in [-0.05, 0) is 0 Å². The van der Waals surface area contributed by atoms with Gasteiger partial charge in [0.15, 0.2) is 0 Å². The lowest BCUT2D eigenvalue weighted by Crippen LogP contribution is -2.11. The summed E-state index contributed by atoms with van der Waals surface area (Å²) in [6, 6.07) is 0. The Labute approximate surface area is 110 Å². The molecule has 7 heteroatoms. The van der Waals surface area contributed by atoms with Crippen molar-refractivity contribution in [2.45, 2.75) is 6.42 Å². The van der Waals surface area contributed by atoms with Gasteiger partial charge in [-0.15, -0.1) is 0 Å². The number of aromatic nitrogens is 4. The number of hydrogen-bond acceptors (Lipinski definition) is 5. The monoisotopic (exact) mass is 266 g/mol. The Hall–Kier alpha value is -1.82. The molecule has 96 valence electrons. The van der Waals surface area contributed by atoms with Gasteiger partial charge in [0.25, 0.3) is 0 Å². The van der Waals surface area contributed by atoms with E-state index in [1.54, 1.807) is 19.4 Å². The van der Waals surface area contributed by atoms with Crippen LogP contribution < -0.4 is 10.6 Å². The second kappa shape index (κ2) is 5.68. The minimum absolute atomic E-state index is 0.508. The Morgan fingerprint density at radius 3 is 2.89 bits per heavy atom. The maximum atomic E-state index is 6.01. The van der Waals surface area contributed by atoms with Crippen LogP contribution in [0, 0.1) is 0 Å². The molecule has 2 heterocycles. The maximum absolute atomic E-state index is 6.01. The number of anilines is 2. The van der Waals surface area contributed by atoms with Gasteiger partial charge in [-0.2, -0.15) is 4.98 Å². The third-order valence-corrected chi connectivity index (χ3v) is 2.81. The van der Waals surface area contributed by atoms with Crippen LogP contribution in [0.4, 0.5) is 11.8 Å². The Bertz CT molecular complexity index is 524. The van der Waals surface area contributed by atoms with Gasteiger partial charge in [-0.1, -0.05) is 11.6 Å². The number of nitrogens with one attached hydrogen (secondary N) is 2. The summed E-state index contributed by atoms with van der Waals surface area (Å²) in [5.41, 5.74) is 0. The van der Waals surface area contributed by atoms with Crippen LogP contribution in [-0.2, 0) is 13.5 Å². The normalized spacial score (nSPS) is 10.4. The van der Waals surface area contributed by atoms with Crippen molar-refractivity contribution >= 4 is 23.4 Å². The van der Waals surface area contributed by atoms with Crippen LogP contribution in [0.1, 0.15) is 5.82 Å². The van der Waals surface area contributed by atoms with E-state index in [1.165, 1.54) is 0 Å². The Kier molecular flexibility index (Phi) is 3.99. The van der Waals surface area contributed by atoms with Crippen molar-refractivity contribution in [3.05, 3.63) is 29.4 Å². The fourth-order valence-electron chi connectivity index (χ4n) is 1.54. The summed E-state index contributed by atoms with van der Waals surface area (Å²) in [7, 11) is 3.74. The van der Waals surface area contributed by atoms with Crippen LogP contribution in [-0.4, -0.2) is 33.1 Å². The molecule has 0 bridgehead atoms. The molecule has 0 aliphatic rings. The Morgan fingerprint density at radius 2 is 2.22 bits per heavy atom. The van der Waals surface area contributed by atoms with Crippen LogP contribution in [0.25, 0.3) is 0 Å². The van der Waals surface area contributed by atoms with Crippen LogP contribution >= 0.6 is 11.6 Å². The fraction of sp³-hybridized carbons (Fsp3) is 0.364. The Morgan fingerprint density at radius 1 is 1.39 bits per heavy atom. The van der Waals surface area contributed by atoms with Crippen LogP contribution in [0.15, 0.2) is 18.6 Å². The van der Waals surface area contributed by atoms with E-state index in [4.69, 9.17) is 11.6 Å². The molecule has 2 rings (SSSR count). The summed E-state index contributed by atoms with van der Waals surface area (Å²) in [5, 5.41) is 6.56. The van der Waals surface area contributed by atoms with Crippen molar-refractivity contribution in [1.29, 1.82) is 0 Å². The van der Waals surface area contributed by atoms with Crippen molar-refractivity contribution in [3.63, 3.8) is 0 Å². The van der Waals surface area contributed by atoms with Crippen molar-refractivity contribution < 1.29 is 0 Å². The van der Waals surface area contributed by atoms with Crippen molar-refractivity contribution in [2.24, 2.45) is 7.05 Å². The van der Waals surface area contributed by atoms with E-state index < -0.39 is 0 Å². The molecule has 0 unspecified atom stereocenters. The van der Waals surface area contributed by atoms with E-state index in [9.17, 15) is 0 Å². The summed E-state index contributed by atoms with van der Waals surface area (Å²) in [6.07, 6.45) is 6.08. The van der Waals surface area contributed by atoms with E-state index in [0.29, 0.717) is 23.3 Å². The zero-order valence-electron chi connectivity index (χ0n) is 10.3. The highest BCUT2D eigenvalue weighted by atomic mass is 35.5. The van der Waals surface area contributed by atoms with E-state index >= 15 is 0 Å². The lowest BCUT2D eigenvalue weighted by atomic mass is 10.4. The van der Waals surface area contributed by atoms with Crippen molar-refractivity contribution in [2.75, 3.05) is 24.2 Å². The first-order valence-electron chi connectivity index (χ1n) is 5.61. The smallest absolute Gasteiger partial charge is 0.224 e. The molecule has 0 spiro atoms. The molecular formula is C11H15ClN6. The average molecular weight is 267 g/mol. The van der Waals surface area contributed by atoms with Crippen molar-refractivity contribution in [3.8, 4) is 0 Å². The van der Waals surface area contributed by atoms with Crippen LogP contribution in [0.2, 0.25) is 5.02 Å². The molecular weight excluding hydrogens is 252 g/mol. The largest absolute Gasteiger partial charge is 0.368 e. The molecule has 0 atom stereocenters. The summed E-state index contributed by atoms with van der Waals surface area (Å²) in [5.74, 6) is 2.19. The summed E-state index contributed by atoms with van der Waals surface area (Å²) in [6.45, 7) is 0.713. The van der Waals surface area contributed by atoms with E-state index in [0.717, 1.165) is 12.2 Å². The first-order valence-corrected chi connectivity index (χ1v) is 5.99. The first kappa shape index (κ1) is 12.6. The highest BCUT2D eigenvalue weighted by molar-refractivity contribution is 6.32. The third kappa shape index (κ3) is 2.89. The zero-order valence-corrected chi connectivity index (χ0v) is 11.1. The lowest BCUT2D eigenvalue weighted by molar-refractivity contribution is 0.788. The predicted octanol–water partition coefficient (Wildman–Crippen LogP) is 1.56. The molecule has 0 amide bonds. The van der Waals surface area contributed by atoms with E-state index in [2.05, 4.69) is 25.6 Å². The van der Waals surface area contributed by atoms with Gasteiger partial charge >= 0.3 is 0 Å². The number of nitrogens with zero attached hydrogens (tertiary/aromatic N) is 4. The fourth-order valence-corrected chi connectivity index (χ4v) is 1.70. The van der Waals surface area contributed by atoms with Gasteiger partial charge in [-0.25, -0.2) is 9.97 Å². The molecule has 2 aromatic rings. The molecule has 0 aliphatic heterocycles. The molecule has 0 saturated heterocycles. The van der Waals surface area contributed by atoms with Gasteiger partial charge in [0.05, 0.1) is 6.20 Å². The summed E-state index contributed by atoms with van der Waals surface area (Å²) in [4.78, 5) is 12.5. The van der Waals surface area contributed by atoms with Gasteiger partial charge in [0, 0.05) is 39.5 Å². The molecule has 0 aromatic carbocycles. The molecule has 6 nitrogen and oxygen atoms in total. The summed E-state index contributed by atoms with van der Waals surface area (Å²) < 4.78 is 1.99. The van der Waals surface area contributed by atoms with Gasteiger partial charge in [-0.3, -0.25) is 0 Å². The van der Waals surface area contributed by atoms with E-state index in [-0.39, 0.29) is 0 Å². The molecule has 0 radical (unpaired) electrons. The van der Waals surface area contributed by atoms with Crippen LogP contribution in [0.3, 0.4) is 0 Å². The number of halogens is 1. The molecule has 2 N–H and O–H groups in total. The van der Waals surface area contributed by atoms with Crippen LogP contribution in [0.5, 0.6) is 0 Å². The SMILES string of the molecule is CNc1ncc(Cl)c(NCCc2nccn2C)n1. The minimum atomic E-state index is 0.508. The third-order valence-electron chi connectivity index (χ3n) is 2.53. The standard InChI is InChI=1S/C11H15ClN6/c1-13-11-16-7-8(12)10(17-11)15-4-3-9-14-5-6-18(9)2/h5-7H,3-4H2,1-2H3,(H2,13,15,16,17). The Balaban J connectivity index is 1.96. The van der Waals surface area contributed by atoms with Gasteiger partial charge in [0.1, 0.15) is 16.7 Å². The molecule has 0 aliphatic carbocycles. The second-order valence-corrected chi connectivity index (χ2v) is 4.18. The molecule has 18 heavy (non-hydrogen) atoms. The van der Waals surface area contributed by atoms with Gasteiger partial charge in [0.2, 0.25) is 5.95 Å². The number of rotatable bonds is 5.